The van der Waals surface area contributed by atoms with Crippen molar-refractivity contribution in [3.05, 3.63) is 119 Å². The first kappa shape index (κ1) is 31.7. The molecule has 0 bridgehead atoms. The van der Waals surface area contributed by atoms with E-state index in [1.807, 2.05) is 55.5 Å². The molecule has 0 spiro atoms. The summed E-state index contributed by atoms with van der Waals surface area (Å²) in [5.74, 6) is 0. The SMILES string of the molecule is CC[N+](Cc1ccc(S(=O)(=O)[O-])cc1)=C1C=CC(=C(c2cccc(NC)c2)c2ccccc2S(=O)(=O)[O-])C=C1.[Na+]. The molecule has 0 aliphatic heterocycles. The predicted octanol–water partition coefficient (Wildman–Crippen LogP) is 1.14. The van der Waals surface area contributed by atoms with Gasteiger partial charge in [-0.25, -0.2) is 21.4 Å². The molecule has 1 aliphatic rings. The molecular formula is C29H27N2NaO6S2. The zero-order chi connectivity index (χ0) is 28.2. The standard InChI is InChI=1S/C29H28N2O6S2.Na/c1-3-31(20-21-11-17-26(18-12-21)38(32,33)34)25-15-13-22(14-16-25)29(23-7-6-8-24(19-23)30-2)27-9-4-5-10-28(27)39(35,36)37;/h4-19,30H,3,20H2,1-2H3,(H-,32,33,34,35,36,37);/q;+1/p-1. The first-order valence-electron chi connectivity index (χ1n) is 12.1. The number of nitrogens with one attached hydrogen (secondary N) is 1. The van der Waals surface area contributed by atoms with E-state index < -0.39 is 20.2 Å². The Hall–Kier alpha value is -2.83. The van der Waals surface area contributed by atoms with E-state index in [0.29, 0.717) is 24.2 Å². The zero-order valence-electron chi connectivity index (χ0n) is 22.4. The topological polar surface area (TPSA) is 129 Å². The van der Waals surface area contributed by atoms with Crippen molar-refractivity contribution in [2.75, 3.05) is 18.9 Å². The summed E-state index contributed by atoms with van der Waals surface area (Å²) in [5.41, 5.74) is 4.93. The number of allylic oxidation sites excluding steroid dienone is 5. The van der Waals surface area contributed by atoms with Gasteiger partial charge in [-0.05, 0) is 66.1 Å². The van der Waals surface area contributed by atoms with Gasteiger partial charge in [-0.1, -0.05) is 42.5 Å². The van der Waals surface area contributed by atoms with Crippen LogP contribution < -0.4 is 34.9 Å². The van der Waals surface area contributed by atoms with Gasteiger partial charge in [0.05, 0.1) is 9.79 Å². The Morgan fingerprint density at radius 1 is 0.825 bits per heavy atom. The van der Waals surface area contributed by atoms with Crippen LogP contribution in [-0.2, 0) is 26.8 Å². The molecule has 4 rings (SSSR count). The Balaban J connectivity index is 0.00000441. The zero-order valence-corrected chi connectivity index (χ0v) is 26.0. The van der Waals surface area contributed by atoms with Crippen LogP contribution in [0.5, 0.6) is 0 Å². The van der Waals surface area contributed by atoms with Crippen LogP contribution in [0.4, 0.5) is 5.69 Å². The number of hydrogen-bond donors (Lipinski definition) is 1. The molecule has 0 radical (unpaired) electrons. The van der Waals surface area contributed by atoms with Crippen molar-refractivity contribution >= 4 is 37.2 Å². The van der Waals surface area contributed by atoms with Gasteiger partial charge in [0.25, 0.3) is 0 Å². The third-order valence-corrected chi connectivity index (χ3v) is 8.10. The molecule has 0 saturated heterocycles. The summed E-state index contributed by atoms with van der Waals surface area (Å²) in [5, 5.41) is 3.09. The minimum Gasteiger partial charge on any atom is -0.744 e. The molecule has 0 aromatic heterocycles. The molecule has 0 unspecified atom stereocenters. The first-order valence-corrected chi connectivity index (χ1v) is 14.9. The molecular weight excluding hydrogens is 559 g/mol. The maximum atomic E-state index is 12.1. The van der Waals surface area contributed by atoms with E-state index in [0.717, 1.165) is 28.1 Å². The average molecular weight is 587 g/mol. The van der Waals surface area contributed by atoms with Crippen LogP contribution in [-0.4, -0.2) is 49.8 Å². The van der Waals surface area contributed by atoms with Gasteiger partial charge >= 0.3 is 29.6 Å². The fourth-order valence-electron chi connectivity index (χ4n) is 4.41. The number of benzene rings is 3. The van der Waals surface area contributed by atoms with E-state index in [4.69, 9.17) is 0 Å². The van der Waals surface area contributed by atoms with Gasteiger partial charge in [-0.15, -0.1) is 0 Å². The van der Waals surface area contributed by atoms with Crippen molar-refractivity contribution in [2.24, 2.45) is 0 Å². The largest absolute Gasteiger partial charge is 1.00 e. The molecule has 8 nitrogen and oxygen atoms in total. The summed E-state index contributed by atoms with van der Waals surface area (Å²) in [6.45, 7) is 3.12. The maximum Gasteiger partial charge on any atom is 1.00 e. The van der Waals surface area contributed by atoms with Gasteiger partial charge in [0.2, 0.25) is 0 Å². The molecule has 3 aromatic carbocycles. The van der Waals surface area contributed by atoms with Crippen molar-refractivity contribution in [3.8, 4) is 0 Å². The molecule has 1 aliphatic carbocycles. The number of anilines is 1. The van der Waals surface area contributed by atoms with Gasteiger partial charge in [-0.3, -0.25) is 0 Å². The van der Waals surface area contributed by atoms with Crippen LogP contribution in [0.15, 0.2) is 112 Å². The molecule has 3 aromatic rings. The van der Waals surface area contributed by atoms with Gasteiger partial charge in [-0.2, -0.15) is 0 Å². The van der Waals surface area contributed by atoms with Gasteiger partial charge < -0.3 is 14.4 Å². The Bertz CT molecular complexity index is 1720. The third-order valence-electron chi connectivity index (χ3n) is 6.35. The third kappa shape index (κ3) is 7.46. The van der Waals surface area contributed by atoms with Crippen LogP contribution in [0.2, 0.25) is 0 Å². The van der Waals surface area contributed by atoms with E-state index in [1.54, 1.807) is 31.3 Å². The van der Waals surface area contributed by atoms with E-state index in [9.17, 15) is 25.9 Å². The predicted molar refractivity (Wildman–Crippen MR) is 149 cm³/mol. The molecule has 202 valence electrons. The Labute approximate surface area is 257 Å². The van der Waals surface area contributed by atoms with Crippen molar-refractivity contribution in [2.45, 2.75) is 23.3 Å². The van der Waals surface area contributed by atoms with Crippen molar-refractivity contribution in [3.63, 3.8) is 0 Å². The first-order chi connectivity index (χ1) is 18.5. The monoisotopic (exact) mass is 586 g/mol. The van der Waals surface area contributed by atoms with Crippen LogP contribution >= 0.6 is 0 Å². The minimum absolute atomic E-state index is 0. The van der Waals surface area contributed by atoms with Crippen molar-refractivity contribution in [1.29, 1.82) is 0 Å². The van der Waals surface area contributed by atoms with E-state index in [1.165, 1.54) is 24.3 Å². The Kier molecular flexibility index (Phi) is 10.5. The molecule has 0 amide bonds. The normalized spacial score (nSPS) is 13.1. The molecule has 11 heteroatoms. The van der Waals surface area contributed by atoms with Crippen LogP contribution in [0.1, 0.15) is 23.6 Å². The van der Waals surface area contributed by atoms with Crippen molar-refractivity contribution in [1.82, 2.24) is 0 Å². The molecule has 0 atom stereocenters. The van der Waals surface area contributed by atoms with Gasteiger partial charge in [0, 0.05) is 36.0 Å². The molecule has 0 saturated carbocycles. The van der Waals surface area contributed by atoms with Crippen LogP contribution in [0, 0.1) is 0 Å². The maximum absolute atomic E-state index is 12.1. The van der Waals surface area contributed by atoms with Crippen LogP contribution in [0.25, 0.3) is 5.57 Å². The summed E-state index contributed by atoms with van der Waals surface area (Å²) < 4.78 is 72.2. The van der Waals surface area contributed by atoms with Gasteiger partial charge in [0.1, 0.15) is 26.8 Å². The second-order valence-electron chi connectivity index (χ2n) is 8.82. The second kappa shape index (κ2) is 13.2. The van der Waals surface area contributed by atoms with Crippen molar-refractivity contribution < 1.29 is 60.1 Å². The van der Waals surface area contributed by atoms with E-state index in [2.05, 4.69) is 9.89 Å². The minimum atomic E-state index is -4.73. The van der Waals surface area contributed by atoms with E-state index >= 15 is 0 Å². The summed E-state index contributed by atoms with van der Waals surface area (Å²) in [6.07, 6.45) is 7.57. The summed E-state index contributed by atoms with van der Waals surface area (Å²) in [4.78, 5) is -0.568. The van der Waals surface area contributed by atoms with Gasteiger partial charge in [0.15, 0.2) is 12.3 Å². The molecule has 1 N–H and O–H groups in total. The molecule has 0 heterocycles. The number of rotatable bonds is 8. The summed E-state index contributed by atoms with van der Waals surface area (Å²) >= 11 is 0. The second-order valence-corrected chi connectivity index (χ2v) is 11.5. The molecule has 0 fully saturated rings. The Morgan fingerprint density at radius 2 is 1.48 bits per heavy atom. The average Bonchev–Trinajstić information content (AvgIpc) is 2.92. The Morgan fingerprint density at radius 3 is 2.05 bits per heavy atom. The molecule has 40 heavy (non-hydrogen) atoms. The smallest absolute Gasteiger partial charge is 0.744 e. The van der Waals surface area contributed by atoms with Crippen LogP contribution in [0.3, 0.4) is 0 Å². The van der Waals surface area contributed by atoms with E-state index in [-0.39, 0.29) is 39.3 Å². The quantitative estimate of drug-likeness (QED) is 0.238. The summed E-state index contributed by atoms with van der Waals surface area (Å²) in [6, 6.07) is 19.5. The summed E-state index contributed by atoms with van der Waals surface area (Å²) in [7, 11) is -7.46. The number of hydrogen-bond acceptors (Lipinski definition) is 7. The fraction of sp³-hybridized carbons (Fsp3) is 0.138. The number of nitrogens with zero attached hydrogens (tertiary/aromatic N) is 1. The fourth-order valence-corrected chi connectivity index (χ4v) is 5.56.